The molecule has 0 spiro atoms. The minimum absolute atomic E-state index is 0.0514. The first-order chi connectivity index (χ1) is 9.40. The molecule has 0 heterocycles. The fraction of sp³-hybridized carbons (Fsp3) is 0.385. The number of hydrogen-bond acceptors (Lipinski definition) is 4. The maximum Gasteiger partial charge on any atom is 0.337 e. The molecular weight excluding hydrogens is 265 g/mol. The summed E-state index contributed by atoms with van der Waals surface area (Å²) in [4.78, 5) is 24.0. The zero-order valence-electron chi connectivity index (χ0n) is 11.4. The van der Waals surface area contributed by atoms with Gasteiger partial charge in [-0.3, -0.25) is 4.79 Å². The highest BCUT2D eigenvalue weighted by atomic mass is 19.1. The Labute approximate surface area is 116 Å². The number of nitrogens with one attached hydrogen (secondary N) is 1. The van der Waals surface area contributed by atoms with E-state index in [4.69, 9.17) is 10.8 Å². The summed E-state index contributed by atoms with van der Waals surface area (Å²) in [6.45, 7) is 2.25. The summed E-state index contributed by atoms with van der Waals surface area (Å²) in [5, 5.41) is 11.5. The summed E-state index contributed by atoms with van der Waals surface area (Å²) in [6, 6.07) is 2.12. The minimum Gasteiger partial charge on any atom is -0.478 e. The molecule has 6 nitrogen and oxygen atoms in total. The van der Waals surface area contributed by atoms with Gasteiger partial charge in [0, 0.05) is 19.3 Å². The smallest absolute Gasteiger partial charge is 0.337 e. The van der Waals surface area contributed by atoms with E-state index in [1.54, 1.807) is 0 Å². The van der Waals surface area contributed by atoms with E-state index < -0.39 is 11.8 Å². The molecule has 4 N–H and O–H groups in total. The third kappa shape index (κ3) is 3.59. The number of hydrogen-bond donors (Lipinski definition) is 3. The van der Waals surface area contributed by atoms with E-state index in [9.17, 15) is 14.0 Å². The van der Waals surface area contributed by atoms with E-state index in [-0.39, 0.29) is 29.4 Å². The quantitative estimate of drug-likeness (QED) is 0.679. The zero-order chi connectivity index (χ0) is 15.3. The maximum absolute atomic E-state index is 14.0. The molecule has 110 valence electrons. The number of carbonyl (C=O) groups is 2. The van der Waals surface area contributed by atoms with Crippen molar-refractivity contribution in [2.75, 3.05) is 30.8 Å². The number of nitrogen functional groups attached to an aromatic ring is 1. The third-order valence-electron chi connectivity index (χ3n) is 2.80. The van der Waals surface area contributed by atoms with Crippen LogP contribution in [-0.4, -0.2) is 37.1 Å². The van der Waals surface area contributed by atoms with Gasteiger partial charge in [-0.15, -0.1) is 0 Å². The van der Waals surface area contributed by atoms with Crippen molar-refractivity contribution in [3.05, 3.63) is 23.5 Å². The molecule has 0 radical (unpaired) electrons. The van der Waals surface area contributed by atoms with Crippen LogP contribution in [0.2, 0.25) is 0 Å². The van der Waals surface area contributed by atoms with Crippen molar-refractivity contribution in [2.45, 2.75) is 13.3 Å². The molecular formula is C13H18FN3O3. The number of rotatable bonds is 6. The molecule has 0 saturated heterocycles. The van der Waals surface area contributed by atoms with Crippen LogP contribution < -0.4 is 16.0 Å². The van der Waals surface area contributed by atoms with Gasteiger partial charge in [-0.1, -0.05) is 6.92 Å². The van der Waals surface area contributed by atoms with Crippen LogP contribution in [0.4, 0.5) is 15.8 Å². The normalized spacial score (nSPS) is 10.2. The second-order valence-corrected chi connectivity index (χ2v) is 4.29. The largest absolute Gasteiger partial charge is 0.478 e. The predicted molar refractivity (Wildman–Crippen MR) is 74.3 cm³/mol. The lowest BCUT2D eigenvalue weighted by Crippen LogP contribution is -2.36. The first kappa shape index (κ1) is 15.7. The summed E-state index contributed by atoms with van der Waals surface area (Å²) < 4.78 is 14.0. The van der Waals surface area contributed by atoms with Crippen LogP contribution in [0.1, 0.15) is 23.7 Å². The Morgan fingerprint density at radius 1 is 1.45 bits per heavy atom. The standard InChI is InChI=1S/C13H18FN3O3/c1-3-4-17(7-12(18)16-2)11-5-8(13(19)20)10(15)6-9(11)14/h5-6H,3-4,7,15H2,1-2H3,(H,16,18)(H,19,20). The predicted octanol–water partition coefficient (Wildman–Crippen LogP) is 1.07. The van der Waals surface area contributed by atoms with Gasteiger partial charge in [0.15, 0.2) is 0 Å². The van der Waals surface area contributed by atoms with E-state index in [0.717, 1.165) is 12.1 Å². The van der Waals surface area contributed by atoms with Crippen LogP contribution in [0.15, 0.2) is 12.1 Å². The van der Waals surface area contributed by atoms with Crippen LogP contribution in [0.5, 0.6) is 0 Å². The number of halogens is 1. The molecule has 0 aromatic heterocycles. The van der Waals surface area contributed by atoms with Crippen molar-refractivity contribution in [2.24, 2.45) is 0 Å². The van der Waals surface area contributed by atoms with Gasteiger partial charge in [0.1, 0.15) is 5.82 Å². The van der Waals surface area contributed by atoms with Crippen molar-refractivity contribution < 1.29 is 19.1 Å². The van der Waals surface area contributed by atoms with E-state index in [0.29, 0.717) is 13.0 Å². The highest BCUT2D eigenvalue weighted by Gasteiger charge is 2.19. The summed E-state index contributed by atoms with van der Waals surface area (Å²) in [5.74, 6) is -2.17. The van der Waals surface area contributed by atoms with Gasteiger partial charge in [0.25, 0.3) is 0 Å². The van der Waals surface area contributed by atoms with Crippen molar-refractivity contribution >= 4 is 23.3 Å². The summed E-state index contributed by atoms with van der Waals surface area (Å²) in [6.07, 6.45) is 0.684. The summed E-state index contributed by atoms with van der Waals surface area (Å²) in [7, 11) is 1.48. The number of nitrogens with two attached hydrogens (primary N) is 1. The van der Waals surface area contributed by atoms with Gasteiger partial charge in [0.2, 0.25) is 5.91 Å². The fourth-order valence-electron chi connectivity index (χ4n) is 1.81. The minimum atomic E-state index is -1.24. The highest BCUT2D eigenvalue weighted by molar-refractivity contribution is 5.95. The molecule has 0 aliphatic heterocycles. The highest BCUT2D eigenvalue weighted by Crippen LogP contribution is 2.25. The molecule has 1 aromatic carbocycles. The second kappa shape index (κ2) is 6.74. The van der Waals surface area contributed by atoms with Gasteiger partial charge >= 0.3 is 5.97 Å². The van der Waals surface area contributed by atoms with Crippen LogP contribution in [0.25, 0.3) is 0 Å². The number of amides is 1. The lowest BCUT2D eigenvalue weighted by molar-refractivity contribution is -0.119. The Kier molecular flexibility index (Phi) is 5.31. The fourth-order valence-corrected chi connectivity index (χ4v) is 1.81. The molecule has 0 fully saturated rings. The van der Waals surface area contributed by atoms with Crippen molar-refractivity contribution in [3.8, 4) is 0 Å². The van der Waals surface area contributed by atoms with Crippen LogP contribution in [-0.2, 0) is 4.79 Å². The Hall–Kier alpha value is -2.31. The van der Waals surface area contributed by atoms with E-state index >= 15 is 0 Å². The van der Waals surface area contributed by atoms with E-state index in [1.807, 2.05) is 6.92 Å². The third-order valence-corrected chi connectivity index (χ3v) is 2.80. The summed E-state index contributed by atoms with van der Waals surface area (Å²) in [5.41, 5.74) is 5.21. The average Bonchev–Trinajstić information content (AvgIpc) is 2.37. The number of anilines is 2. The van der Waals surface area contributed by atoms with Gasteiger partial charge in [-0.25, -0.2) is 9.18 Å². The first-order valence-electron chi connectivity index (χ1n) is 6.18. The molecule has 7 heteroatoms. The van der Waals surface area contributed by atoms with E-state index in [2.05, 4.69) is 5.32 Å². The van der Waals surface area contributed by atoms with Gasteiger partial charge < -0.3 is 21.1 Å². The van der Waals surface area contributed by atoms with Crippen LogP contribution >= 0.6 is 0 Å². The average molecular weight is 283 g/mol. The Morgan fingerprint density at radius 3 is 2.60 bits per heavy atom. The van der Waals surface area contributed by atoms with Crippen LogP contribution in [0, 0.1) is 5.82 Å². The zero-order valence-corrected chi connectivity index (χ0v) is 11.4. The molecule has 0 atom stereocenters. The van der Waals surface area contributed by atoms with Crippen molar-refractivity contribution in [1.82, 2.24) is 5.32 Å². The first-order valence-corrected chi connectivity index (χ1v) is 6.18. The molecule has 1 aromatic rings. The number of carbonyl (C=O) groups excluding carboxylic acids is 1. The van der Waals surface area contributed by atoms with Gasteiger partial charge in [-0.05, 0) is 18.6 Å². The molecule has 1 rings (SSSR count). The number of nitrogens with zero attached hydrogens (tertiary/aromatic N) is 1. The maximum atomic E-state index is 14.0. The Morgan fingerprint density at radius 2 is 2.10 bits per heavy atom. The summed E-state index contributed by atoms with van der Waals surface area (Å²) >= 11 is 0. The molecule has 20 heavy (non-hydrogen) atoms. The SMILES string of the molecule is CCCN(CC(=O)NC)c1cc(C(=O)O)c(N)cc1F. The van der Waals surface area contributed by atoms with E-state index in [1.165, 1.54) is 11.9 Å². The molecule has 0 bridgehead atoms. The molecule has 0 saturated carbocycles. The Bertz CT molecular complexity index is 520. The van der Waals surface area contributed by atoms with Crippen molar-refractivity contribution in [1.29, 1.82) is 0 Å². The Balaban J connectivity index is 3.21. The number of carboxylic acids is 1. The lowest BCUT2D eigenvalue weighted by Gasteiger charge is -2.24. The topological polar surface area (TPSA) is 95.7 Å². The second-order valence-electron chi connectivity index (χ2n) is 4.29. The van der Waals surface area contributed by atoms with Crippen molar-refractivity contribution in [3.63, 3.8) is 0 Å². The molecule has 0 aliphatic carbocycles. The van der Waals surface area contributed by atoms with Gasteiger partial charge in [0.05, 0.1) is 17.8 Å². The number of benzene rings is 1. The van der Waals surface area contributed by atoms with Crippen LogP contribution in [0.3, 0.4) is 0 Å². The monoisotopic (exact) mass is 283 g/mol. The van der Waals surface area contributed by atoms with Gasteiger partial charge in [-0.2, -0.15) is 0 Å². The molecule has 0 unspecified atom stereocenters. The molecule has 0 aliphatic rings. The number of aromatic carboxylic acids is 1. The number of likely N-dealkylation sites (N-methyl/N-ethyl adjacent to an activating group) is 1. The number of carboxylic acid groups (broad SMARTS) is 1. The molecule has 1 amide bonds. The lowest BCUT2D eigenvalue weighted by atomic mass is 10.1.